The summed E-state index contributed by atoms with van der Waals surface area (Å²) in [5.74, 6) is -1.41. The SMILES string of the molecule is O=C(Cl)CCNN(CCC(=O)Cl)C(=O)CCN1C(=O)C=CC1=O. The molecule has 0 spiro atoms. The summed E-state index contributed by atoms with van der Waals surface area (Å²) < 4.78 is 0. The average Bonchev–Trinajstić information content (AvgIpc) is 2.78. The van der Waals surface area contributed by atoms with Crippen molar-refractivity contribution in [2.24, 2.45) is 0 Å². The molecule has 0 aromatic carbocycles. The topological polar surface area (TPSA) is 104 Å². The van der Waals surface area contributed by atoms with E-state index >= 15 is 0 Å². The van der Waals surface area contributed by atoms with Gasteiger partial charge in [0.25, 0.3) is 11.8 Å². The van der Waals surface area contributed by atoms with Crippen LogP contribution in [0.5, 0.6) is 0 Å². The highest BCUT2D eigenvalue weighted by Crippen LogP contribution is 2.06. The summed E-state index contributed by atoms with van der Waals surface area (Å²) >= 11 is 10.4. The number of rotatable bonds is 10. The summed E-state index contributed by atoms with van der Waals surface area (Å²) in [5.41, 5.74) is 2.67. The van der Waals surface area contributed by atoms with Crippen molar-refractivity contribution in [3.63, 3.8) is 0 Å². The molecule has 1 aliphatic heterocycles. The van der Waals surface area contributed by atoms with Crippen LogP contribution in [0.4, 0.5) is 0 Å². The summed E-state index contributed by atoms with van der Waals surface area (Å²) in [6.45, 7) is 0.0242. The van der Waals surface area contributed by atoms with E-state index in [0.29, 0.717) is 0 Å². The first-order valence-corrected chi connectivity index (χ1v) is 7.51. The van der Waals surface area contributed by atoms with Gasteiger partial charge in [0.05, 0.1) is 0 Å². The molecule has 0 aromatic rings. The van der Waals surface area contributed by atoms with Gasteiger partial charge in [-0.3, -0.25) is 33.9 Å². The Balaban J connectivity index is 2.52. The Kier molecular flexibility index (Phi) is 7.87. The number of nitrogens with zero attached hydrogens (tertiary/aromatic N) is 2. The second-order valence-electron chi connectivity index (χ2n) is 4.58. The lowest BCUT2D eigenvalue weighted by molar-refractivity contribution is -0.139. The Labute approximate surface area is 142 Å². The van der Waals surface area contributed by atoms with Crippen molar-refractivity contribution in [3.8, 4) is 0 Å². The molecule has 126 valence electrons. The maximum Gasteiger partial charge on any atom is 0.253 e. The molecule has 1 rings (SSSR count). The molecular weight excluding hydrogens is 349 g/mol. The number of halogens is 2. The zero-order chi connectivity index (χ0) is 17.4. The van der Waals surface area contributed by atoms with Gasteiger partial charge in [-0.2, -0.15) is 0 Å². The van der Waals surface area contributed by atoms with Gasteiger partial charge in [0.1, 0.15) is 0 Å². The molecule has 0 bridgehead atoms. The Hall–Kier alpha value is -1.77. The molecule has 3 amide bonds. The summed E-state index contributed by atoms with van der Waals surface area (Å²) in [7, 11) is 0. The zero-order valence-electron chi connectivity index (χ0n) is 12.1. The molecule has 1 heterocycles. The van der Waals surface area contributed by atoms with Crippen LogP contribution in [-0.2, 0) is 24.0 Å². The predicted molar refractivity (Wildman–Crippen MR) is 81.1 cm³/mol. The van der Waals surface area contributed by atoms with Crippen LogP contribution in [-0.4, -0.2) is 57.7 Å². The third-order valence-corrected chi connectivity index (χ3v) is 3.29. The third kappa shape index (κ3) is 6.89. The molecule has 10 heteroatoms. The molecule has 0 unspecified atom stereocenters. The summed E-state index contributed by atoms with van der Waals surface area (Å²) in [5, 5.41) is -0.0665. The van der Waals surface area contributed by atoms with Crippen LogP contribution in [0.25, 0.3) is 0 Å². The van der Waals surface area contributed by atoms with E-state index in [9.17, 15) is 24.0 Å². The highest BCUT2D eigenvalue weighted by molar-refractivity contribution is 6.63. The van der Waals surface area contributed by atoms with E-state index in [0.717, 1.165) is 22.1 Å². The number of carbonyl (C=O) groups excluding carboxylic acids is 5. The molecule has 0 aromatic heterocycles. The predicted octanol–water partition coefficient (Wildman–Crippen LogP) is -0.0543. The standard InChI is InChI=1S/C13H15Cl2N3O5/c14-9(19)3-6-16-18(8-4-10(15)20)13(23)5-7-17-11(21)1-2-12(17)22/h1-2,16H,3-8H2. The maximum absolute atomic E-state index is 12.1. The van der Waals surface area contributed by atoms with Gasteiger partial charge in [0.2, 0.25) is 16.4 Å². The zero-order valence-corrected chi connectivity index (χ0v) is 13.6. The summed E-state index contributed by atoms with van der Waals surface area (Å²) in [6.07, 6.45) is 2.03. The molecule has 1 N–H and O–H groups in total. The number of hydrazine groups is 1. The first-order chi connectivity index (χ1) is 10.8. The van der Waals surface area contributed by atoms with Crippen molar-refractivity contribution in [1.29, 1.82) is 0 Å². The fourth-order valence-corrected chi connectivity index (χ4v) is 1.95. The van der Waals surface area contributed by atoms with Gasteiger partial charge in [0, 0.05) is 51.0 Å². The largest absolute Gasteiger partial charge is 0.281 e. The molecule has 1 aliphatic rings. The Morgan fingerprint density at radius 3 is 2.09 bits per heavy atom. The van der Waals surface area contributed by atoms with Crippen LogP contribution in [0.2, 0.25) is 0 Å². The van der Waals surface area contributed by atoms with Crippen LogP contribution < -0.4 is 5.43 Å². The normalized spacial score (nSPS) is 13.6. The molecule has 0 saturated carbocycles. The second kappa shape index (κ2) is 9.39. The van der Waals surface area contributed by atoms with Crippen molar-refractivity contribution in [2.75, 3.05) is 19.6 Å². The number of imide groups is 1. The van der Waals surface area contributed by atoms with Crippen LogP contribution >= 0.6 is 23.2 Å². The van der Waals surface area contributed by atoms with Crippen molar-refractivity contribution in [2.45, 2.75) is 19.3 Å². The van der Waals surface area contributed by atoms with E-state index in [4.69, 9.17) is 23.2 Å². The van der Waals surface area contributed by atoms with Gasteiger partial charge in [-0.05, 0) is 23.2 Å². The molecule has 0 radical (unpaired) electrons. The Morgan fingerprint density at radius 1 is 1.00 bits per heavy atom. The number of hydrogen-bond acceptors (Lipinski definition) is 6. The van der Waals surface area contributed by atoms with E-state index in [-0.39, 0.29) is 38.9 Å². The van der Waals surface area contributed by atoms with Crippen molar-refractivity contribution in [1.82, 2.24) is 15.3 Å². The number of carbonyl (C=O) groups is 5. The Morgan fingerprint density at radius 2 is 1.57 bits per heavy atom. The van der Waals surface area contributed by atoms with Crippen LogP contribution in [0, 0.1) is 0 Å². The Bertz CT molecular complexity index is 532. The van der Waals surface area contributed by atoms with Gasteiger partial charge in [0.15, 0.2) is 0 Å². The lowest BCUT2D eigenvalue weighted by atomic mass is 10.3. The number of nitrogens with one attached hydrogen (secondary N) is 1. The van der Waals surface area contributed by atoms with Gasteiger partial charge < -0.3 is 0 Å². The minimum atomic E-state index is -0.618. The smallest absolute Gasteiger partial charge is 0.253 e. The maximum atomic E-state index is 12.1. The van der Waals surface area contributed by atoms with Gasteiger partial charge >= 0.3 is 0 Å². The molecule has 0 aliphatic carbocycles. The van der Waals surface area contributed by atoms with Gasteiger partial charge in [-0.25, -0.2) is 5.43 Å². The molecule has 0 fully saturated rings. The first kappa shape index (κ1) is 19.3. The quantitative estimate of drug-likeness (QED) is 0.331. The highest BCUT2D eigenvalue weighted by Gasteiger charge is 2.25. The lowest BCUT2D eigenvalue weighted by Crippen LogP contribution is -2.46. The van der Waals surface area contributed by atoms with Crippen molar-refractivity contribution >= 4 is 51.4 Å². The van der Waals surface area contributed by atoms with Crippen LogP contribution in [0.3, 0.4) is 0 Å². The van der Waals surface area contributed by atoms with Crippen molar-refractivity contribution in [3.05, 3.63) is 12.2 Å². The molecule has 0 atom stereocenters. The van der Waals surface area contributed by atoms with Crippen LogP contribution in [0.15, 0.2) is 12.2 Å². The molecule has 8 nitrogen and oxygen atoms in total. The van der Waals surface area contributed by atoms with Gasteiger partial charge in [-0.15, -0.1) is 0 Å². The average molecular weight is 364 g/mol. The van der Waals surface area contributed by atoms with E-state index < -0.39 is 28.2 Å². The molecule has 23 heavy (non-hydrogen) atoms. The minimum Gasteiger partial charge on any atom is -0.281 e. The monoisotopic (exact) mass is 363 g/mol. The van der Waals surface area contributed by atoms with E-state index in [2.05, 4.69) is 5.43 Å². The van der Waals surface area contributed by atoms with Gasteiger partial charge in [-0.1, -0.05) is 0 Å². The van der Waals surface area contributed by atoms with E-state index in [1.165, 1.54) is 0 Å². The number of amides is 3. The highest BCUT2D eigenvalue weighted by atomic mass is 35.5. The number of hydrogen-bond donors (Lipinski definition) is 1. The third-order valence-electron chi connectivity index (χ3n) is 2.91. The lowest BCUT2D eigenvalue weighted by Gasteiger charge is -2.24. The summed E-state index contributed by atoms with van der Waals surface area (Å²) in [6, 6.07) is 0. The fraction of sp³-hybridized carbons (Fsp3) is 0.462. The van der Waals surface area contributed by atoms with Crippen molar-refractivity contribution < 1.29 is 24.0 Å². The van der Waals surface area contributed by atoms with E-state index in [1.807, 2.05) is 0 Å². The fourth-order valence-electron chi connectivity index (χ4n) is 1.77. The first-order valence-electron chi connectivity index (χ1n) is 6.75. The van der Waals surface area contributed by atoms with Crippen LogP contribution in [0.1, 0.15) is 19.3 Å². The van der Waals surface area contributed by atoms with E-state index in [1.54, 1.807) is 0 Å². The molecule has 0 saturated heterocycles. The summed E-state index contributed by atoms with van der Waals surface area (Å²) in [4.78, 5) is 57.4. The molecular formula is C13H15Cl2N3O5. The minimum absolute atomic E-state index is 0.00220. The second-order valence-corrected chi connectivity index (χ2v) is 5.42.